The van der Waals surface area contributed by atoms with Gasteiger partial charge in [-0.05, 0) is 24.8 Å². The summed E-state index contributed by atoms with van der Waals surface area (Å²) in [5.41, 5.74) is 6.64. The van der Waals surface area contributed by atoms with Gasteiger partial charge in [-0.1, -0.05) is 19.1 Å². The van der Waals surface area contributed by atoms with Gasteiger partial charge in [-0.25, -0.2) is 0 Å². The minimum Gasteiger partial charge on any atom is -0.338 e. The van der Waals surface area contributed by atoms with E-state index in [-0.39, 0.29) is 41.5 Å². The van der Waals surface area contributed by atoms with Crippen LogP contribution in [0.2, 0.25) is 0 Å². The summed E-state index contributed by atoms with van der Waals surface area (Å²) in [6, 6.07) is 4.78. The van der Waals surface area contributed by atoms with Crippen LogP contribution < -0.4 is 5.73 Å². The number of hydrogen-bond donors (Lipinski definition) is 1. The van der Waals surface area contributed by atoms with Crippen LogP contribution in [0.5, 0.6) is 0 Å². The lowest BCUT2D eigenvalue weighted by atomic mass is 9.93. The Labute approximate surface area is 129 Å². The number of aryl methyl sites for hydroxylation is 1. The van der Waals surface area contributed by atoms with Crippen LogP contribution in [0.4, 0.5) is 5.69 Å². The number of likely N-dealkylation sites (tertiary alicyclic amines) is 1. The fourth-order valence-corrected chi connectivity index (χ4v) is 2.59. The molecule has 0 spiro atoms. The van der Waals surface area contributed by atoms with Crippen LogP contribution >= 0.6 is 12.4 Å². The Hall–Kier alpha value is -1.66. The lowest BCUT2D eigenvalue weighted by molar-refractivity contribution is -0.385. The Morgan fingerprint density at radius 1 is 1.48 bits per heavy atom. The van der Waals surface area contributed by atoms with Crippen molar-refractivity contribution >= 4 is 24.0 Å². The topological polar surface area (TPSA) is 89.5 Å². The van der Waals surface area contributed by atoms with Gasteiger partial charge < -0.3 is 10.6 Å². The molecular formula is C14H20ClN3O3. The highest BCUT2D eigenvalue weighted by Gasteiger charge is 2.31. The summed E-state index contributed by atoms with van der Waals surface area (Å²) in [5, 5.41) is 11.1. The molecular weight excluding hydrogens is 294 g/mol. The van der Waals surface area contributed by atoms with E-state index in [0.717, 1.165) is 6.42 Å². The minimum absolute atomic E-state index is 0. The molecule has 1 heterocycles. The van der Waals surface area contributed by atoms with Crippen LogP contribution in [0.3, 0.4) is 0 Å². The number of piperidine rings is 1. The largest absolute Gasteiger partial charge is 0.338 e. The van der Waals surface area contributed by atoms with E-state index in [2.05, 4.69) is 0 Å². The highest BCUT2D eigenvalue weighted by atomic mass is 35.5. The summed E-state index contributed by atoms with van der Waals surface area (Å²) in [7, 11) is 0. The fraction of sp³-hybridized carbons (Fsp3) is 0.500. The van der Waals surface area contributed by atoms with Crippen molar-refractivity contribution < 1.29 is 9.72 Å². The maximum Gasteiger partial charge on any atom is 0.282 e. The molecule has 1 aromatic rings. The Balaban J connectivity index is 0.00000220. The van der Waals surface area contributed by atoms with E-state index in [1.165, 1.54) is 6.07 Å². The van der Waals surface area contributed by atoms with Crippen LogP contribution in [-0.4, -0.2) is 34.9 Å². The smallest absolute Gasteiger partial charge is 0.282 e. The van der Waals surface area contributed by atoms with Crippen molar-refractivity contribution in [3.8, 4) is 0 Å². The molecule has 116 valence electrons. The fourth-order valence-electron chi connectivity index (χ4n) is 2.59. The van der Waals surface area contributed by atoms with Gasteiger partial charge in [0.05, 0.1) is 4.92 Å². The zero-order valence-electron chi connectivity index (χ0n) is 12.1. The summed E-state index contributed by atoms with van der Waals surface area (Å²) in [6.45, 7) is 4.82. The minimum atomic E-state index is -0.501. The van der Waals surface area contributed by atoms with Crippen molar-refractivity contribution in [1.29, 1.82) is 0 Å². The molecule has 0 saturated carbocycles. The average Bonchev–Trinajstić information content (AvgIpc) is 2.40. The van der Waals surface area contributed by atoms with Crippen molar-refractivity contribution in [3.63, 3.8) is 0 Å². The second-order valence-corrected chi connectivity index (χ2v) is 5.41. The number of rotatable bonds is 2. The van der Waals surface area contributed by atoms with Gasteiger partial charge in [0.2, 0.25) is 0 Å². The maximum atomic E-state index is 12.6. The first kappa shape index (κ1) is 17.4. The molecule has 0 radical (unpaired) electrons. The third-order valence-electron chi connectivity index (χ3n) is 3.92. The van der Waals surface area contributed by atoms with Gasteiger partial charge in [-0.15, -0.1) is 12.4 Å². The highest BCUT2D eigenvalue weighted by molar-refractivity contribution is 5.99. The summed E-state index contributed by atoms with van der Waals surface area (Å²) in [4.78, 5) is 24.8. The number of nitrogens with two attached hydrogens (primary N) is 1. The van der Waals surface area contributed by atoms with E-state index < -0.39 is 4.92 Å². The van der Waals surface area contributed by atoms with E-state index in [1.807, 2.05) is 6.92 Å². The van der Waals surface area contributed by atoms with Crippen LogP contribution in [-0.2, 0) is 0 Å². The molecule has 2 rings (SSSR count). The SMILES string of the molecule is Cc1cccc([N+](=O)[O-])c1C(=O)N1CCC(N)C(C)C1.Cl. The predicted molar refractivity (Wildman–Crippen MR) is 82.7 cm³/mol. The van der Waals surface area contributed by atoms with Crippen LogP contribution in [0.15, 0.2) is 18.2 Å². The van der Waals surface area contributed by atoms with Gasteiger partial charge in [-0.2, -0.15) is 0 Å². The Kier molecular flexibility index (Phi) is 5.69. The standard InChI is InChI=1S/C14H19N3O3.ClH/c1-9-4-3-5-12(17(19)20)13(9)14(18)16-7-6-11(15)10(2)8-16;/h3-5,10-11H,6-8,15H2,1-2H3;1H. The molecule has 0 aliphatic carbocycles. The zero-order valence-corrected chi connectivity index (χ0v) is 12.9. The molecule has 1 saturated heterocycles. The summed E-state index contributed by atoms with van der Waals surface area (Å²) in [6.07, 6.45) is 0.729. The second kappa shape index (κ2) is 6.87. The first-order chi connectivity index (χ1) is 9.41. The van der Waals surface area contributed by atoms with Crippen molar-refractivity contribution in [2.45, 2.75) is 26.3 Å². The average molecular weight is 314 g/mol. The van der Waals surface area contributed by atoms with E-state index in [4.69, 9.17) is 5.73 Å². The predicted octanol–water partition coefficient (Wildman–Crippen LogP) is 2.13. The Morgan fingerprint density at radius 3 is 2.71 bits per heavy atom. The van der Waals surface area contributed by atoms with Crippen molar-refractivity contribution in [1.82, 2.24) is 4.90 Å². The van der Waals surface area contributed by atoms with E-state index in [0.29, 0.717) is 18.7 Å². The van der Waals surface area contributed by atoms with Crippen LogP contribution in [0.1, 0.15) is 29.3 Å². The number of amides is 1. The highest BCUT2D eigenvalue weighted by Crippen LogP contribution is 2.25. The number of nitro benzene ring substituents is 1. The maximum absolute atomic E-state index is 12.6. The molecule has 7 heteroatoms. The van der Waals surface area contributed by atoms with Gasteiger partial charge in [-0.3, -0.25) is 14.9 Å². The van der Waals surface area contributed by atoms with E-state index in [1.54, 1.807) is 24.0 Å². The third-order valence-corrected chi connectivity index (χ3v) is 3.92. The molecule has 1 aliphatic heterocycles. The van der Waals surface area contributed by atoms with Gasteiger partial charge in [0, 0.05) is 25.2 Å². The van der Waals surface area contributed by atoms with Crippen LogP contribution in [0, 0.1) is 23.0 Å². The molecule has 6 nitrogen and oxygen atoms in total. The molecule has 0 bridgehead atoms. The quantitative estimate of drug-likeness (QED) is 0.669. The number of nitro groups is 1. The molecule has 1 amide bonds. The van der Waals surface area contributed by atoms with E-state index in [9.17, 15) is 14.9 Å². The summed E-state index contributed by atoms with van der Waals surface area (Å²) in [5.74, 6) is -0.0654. The second-order valence-electron chi connectivity index (χ2n) is 5.41. The monoisotopic (exact) mass is 313 g/mol. The Bertz CT molecular complexity index is 550. The third kappa shape index (κ3) is 3.51. The summed E-state index contributed by atoms with van der Waals surface area (Å²) >= 11 is 0. The molecule has 1 fully saturated rings. The molecule has 21 heavy (non-hydrogen) atoms. The van der Waals surface area contributed by atoms with Gasteiger partial charge >= 0.3 is 0 Å². The van der Waals surface area contributed by atoms with Gasteiger partial charge in [0.25, 0.3) is 11.6 Å². The van der Waals surface area contributed by atoms with Crippen molar-refractivity contribution in [3.05, 3.63) is 39.4 Å². The van der Waals surface area contributed by atoms with Crippen molar-refractivity contribution in [2.75, 3.05) is 13.1 Å². The lowest BCUT2D eigenvalue weighted by Gasteiger charge is -2.35. The lowest BCUT2D eigenvalue weighted by Crippen LogP contribution is -2.48. The van der Waals surface area contributed by atoms with E-state index >= 15 is 0 Å². The first-order valence-electron chi connectivity index (χ1n) is 6.70. The first-order valence-corrected chi connectivity index (χ1v) is 6.70. The molecule has 1 aliphatic rings. The Morgan fingerprint density at radius 2 is 2.14 bits per heavy atom. The number of carbonyl (C=O) groups is 1. The normalized spacial score (nSPS) is 21.6. The van der Waals surface area contributed by atoms with Gasteiger partial charge in [0.1, 0.15) is 5.56 Å². The molecule has 2 N–H and O–H groups in total. The number of benzene rings is 1. The number of hydrogen-bond acceptors (Lipinski definition) is 4. The van der Waals surface area contributed by atoms with Gasteiger partial charge in [0.15, 0.2) is 0 Å². The molecule has 1 aromatic carbocycles. The zero-order chi connectivity index (χ0) is 14.9. The summed E-state index contributed by atoms with van der Waals surface area (Å²) < 4.78 is 0. The van der Waals surface area contributed by atoms with Crippen molar-refractivity contribution in [2.24, 2.45) is 11.7 Å². The van der Waals surface area contributed by atoms with Crippen LogP contribution in [0.25, 0.3) is 0 Å². The number of carbonyl (C=O) groups excluding carboxylic acids is 1. The molecule has 0 aromatic heterocycles. The number of halogens is 1. The molecule has 2 atom stereocenters. The molecule has 2 unspecified atom stereocenters. The number of nitrogens with zero attached hydrogens (tertiary/aromatic N) is 2.